The molecular weight excluding hydrogens is 186 g/mol. The van der Waals surface area contributed by atoms with Gasteiger partial charge >= 0.3 is 5.97 Å². The van der Waals surface area contributed by atoms with E-state index in [4.69, 9.17) is 9.84 Å². The third kappa shape index (κ3) is 2.23. The highest BCUT2D eigenvalue weighted by Gasteiger charge is 2.30. The molecule has 0 bridgehead atoms. The van der Waals surface area contributed by atoms with Gasteiger partial charge in [-0.25, -0.2) is 4.79 Å². The number of carboxylic acid groups (broad SMARTS) is 1. The molecule has 0 radical (unpaired) electrons. The molecule has 5 nitrogen and oxygen atoms in total. The second-order valence-corrected chi connectivity index (χ2v) is 3.47. The number of hydrogen-bond acceptors (Lipinski definition) is 3. The first-order valence-electron chi connectivity index (χ1n) is 4.65. The lowest BCUT2D eigenvalue weighted by Crippen LogP contribution is -2.45. The Morgan fingerprint density at radius 1 is 1.57 bits per heavy atom. The van der Waals surface area contributed by atoms with Crippen molar-refractivity contribution < 1.29 is 19.4 Å². The highest BCUT2D eigenvalue weighted by atomic mass is 16.5. The van der Waals surface area contributed by atoms with E-state index in [0.29, 0.717) is 13.0 Å². The maximum Gasteiger partial charge on any atom is 0.326 e. The van der Waals surface area contributed by atoms with Gasteiger partial charge in [0.05, 0.1) is 0 Å². The fourth-order valence-electron chi connectivity index (χ4n) is 1.36. The molecule has 1 rings (SSSR count). The van der Waals surface area contributed by atoms with Gasteiger partial charge in [-0.1, -0.05) is 0 Å². The largest absolute Gasteiger partial charge is 0.480 e. The molecule has 5 heteroatoms. The number of hydrogen-bond donors (Lipinski definition) is 1. The fraction of sp³-hybridized carbons (Fsp3) is 0.778. The van der Waals surface area contributed by atoms with Gasteiger partial charge in [-0.2, -0.15) is 0 Å². The van der Waals surface area contributed by atoms with Crippen LogP contribution in [0.15, 0.2) is 0 Å². The zero-order valence-corrected chi connectivity index (χ0v) is 8.40. The molecule has 80 valence electrons. The summed E-state index contributed by atoms with van der Waals surface area (Å²) < 4.78 is 5.18. The zero-order valence-electron chi connectivity index (χ0n) is 8.40. The zero-order chi connectivity index (χ0) is 10.7. The molecule has 2 atom stereocenters. The van der Waals surface area contributed by atoms with Crippen LogP contribution in [0.3, 0.4) is 0 Å². The third-order valence-corrected chi connectivity index (χ3v) is 2.49. The molecule has 0 saturated carbocycles. The summed E-state index contributed by atoms with van der Waals surface area (Å²) in [5.74, 6) is -1.24. The summed E-state index contributed by atoms with van der Waals surface area (Å²) in [4.78, 5) is 23.5. The second-order valence-electron chi connectivity index (χ2n) is 3.47. The Labute approximate surface area is 82.6 Å². The minimum absolute atomic E-state index is 0.239. The molecule has 0 aromatic carbocycles. The number of carboxylic acids is 1. The minimum Gasteiger partial charge on any atom is -0.480 e. The number of likely N-dealkylation sites (N-methyl/N-ethyl adjacent to an activating group) is 1. The average Bonchev–Trinajstić information content (AvgIpc) is 2.67. The van der Waals surface area contributed by atoms with Crippen LogP contribution >= 0.6 is 0 Å². The van der Waals surface area contributed by atoms with Crippen LogP contribution < -0.4 is 0 Å². The first kappa shape index (κ1) is 11.0. The van der Waals surface area contributed by atoms with Gasteiger partial charge in [0.15, 0.2) is 0 Å². The van der Waals surface area contributed by atoms with Gasteiger partial charge in [-0.15, -0.1) is 0 Å². The van der Waals surface area contributed by atoms with E-state index in [9.17, 15) is 9.59 Å². The van der Waals surface area contributed by atoms with Crippen LogP contribution in [0, 0.1) is 0 Å². The van der Waals surface area contributed by atoms with Crippen molar-refractivity contribution in [2.24, 2.45) is 0 Å². The molecule has 1 amide bonds. The lowest BCUT2D eigenvalue weighted by atomic mass is 10.2. The van der Waals surface area contributed by atoms with Crippen molar-refractivity contribution in [1.82, 2.24) is 4.90 Å². The third-order valence-electron chi connectivity index (χ3n) is 2.49. The summed E-state index contributed by atoms with van der Waals surface area (Å²) in [7, 11) is 1.49. The Bertz CT molecular complexity index is 235. The van der Waals surface area contributed by atoms with Gasteiger partial charge in [0.2, 0.25) is 0 Å². The Morgan fingerprint density at radius 3 is 2.64 bits per heavy atom. The molecule has 1 saturated heterocycles. The average molecular weight is 201 g/mol. The summed E-state index contributed by atoms with van der Waals surface area (Å²) in [5.41, 5.74) is 0. The topological polar surface area (TPSA) is 66.8 Å². The van der Waals surface area contributed by atoms with Gasteiger partial charge in [0.25, 0.3) is 5.91 Å². The predicted octanol–water partition coefficient (Wildman–Crippen LogP) is 0.0969. The van der Waals surface area contributed by atoms with Gasteiger partial charge in [0.1, 0.15) is 12.1 Å². The van der Waals surface area contributed by atoms with Gasteiger partial charge < -0.3 is 14.7 Å². The standard InChI is InChI=1S/C9H15NO4/c1-6(9(12)13)10(2)8(11)7-4-3-5-14-7/h6-7H,3-5H2,1-2H3,(H,12,13). The lowest BCUT2D eigenvalue weighted by molar-refractivity contribution is -0.152. The van der Waals surface area contributed by atoms with E-state index in [-0.39, 0.29) is 5.91 Å². The summed E-state index contributed by atoms with van der Waals surface area (Å²) in [6.07, 6.45) is 1.11. The van der Waals surface area contributed by atoms with E-state index in [2.05, 4.69) is 0 Å². The minimum atomic E-state index is -1.00. The van der Waals surface area contributed by atoms with E-state index in [1.54, 1.807) is 0 Å². The maximum atomic E-state index is 11.6. The lowest BCUT2D eigenvalue weighted by Gasteiger charge is -2.24. The van der Waals surface area contributed by atoms with Crippen LogP contribution in [-0.4, -0.2) is 47.7 Å². The van der Waals surface area contributed by atoms with Crippen LogP contribution in [0.1, 0.15) is 19.8 Å². The van der Waals surface area contributed by atoms with E-state index in [0.717, 1.165) is 6.42 Å². The van der Waals surface area contributed by atoms with Crippen molar-refractivity contribution in [3.63, 3.8) is 0 Å². The molecular formula is C9H15NO4. The molecule has 0 aliphatic carbocycles. The van der Waals surface area contributed by atoms with Gasteiger partial charge in [-0.05, 0) is 19.8 Å². The molecule has 1 aliphatic rings. The summed E-state index contributed by atoms with van der Waals surface area (Å²) >= 11 is 0. The number of ether oxygens (including phenoxy) is 1. The smallest absolute Gasteiger partial charge is 0.326 e. The van der Waals surface area contributed by atoms with E-state index in [1.165, 1.54) is 18.9 Å². The Kier molecular flexibility index (Phi) is 3.46. The highest BCUT2D eigenvalue weighted by molar-refractivity contribution is 5.86. The number of carbonyl (C=O) groups excluding carboxylic acids is 1. The number of amides is 1. The Morgan fingerprint density at radius 2 is 2.21 bits per heavy atom. The quantitative estimate of drug-likeness (QED) is 0.703. The van der Waals surface area contributed by atoms with Crippen LogP contribution in [0.2, 0.25) is 0 Å². The maximum absolute atomic E-state index is 11.6. The van der Waals surface area contributed by atoms with Crippen LogP contribution in [0.4, 0.5) is 0 Å². The van der Waals surface area contributed by atoms with Crippen molar-refractivity contribution in [2.75, 3.05) is 13.7 Å². The Balaban J connectivity index is 2.54. The highest BCUT2D eigenvalue weighted by Crippen LogP contribution is 2.15. The molecule has 0 aromatic heterocycles. The van der Waals surface area contributed by atoms with Crippen LogP contribution in [0.25, 0.3) is 0 Å². The summed E-state index contributed by atoms with van der Waals surface area (Å²) in [6.45, 7) is 2.07. The van der Waals surface area contributed by atoms with E-state index < -0.39 is 18.1 Å². The molecule has 1 N–H and O–H groups in total. The Hall–Kier alpha value is -1.10. The van der Waals surface area contributed by atoms with Crippen molar-refractivity contribution in [1.29, 1.82) is 0 Å². The summed E-state index contributed by atoms with van der Waals surface area (Å²) in [6, 6.07) is -0.799. The number of rotatable bonds is 3. The molecule has 1 heterocycles. The van der Waals surface area contributed by atoms with Crippen LogP contribution in [0.5, 0.6) is 0 Å². The number of nitrogens with zero attached hydrogens (tertiary/aromatic N) is 1. The molecule has 14 heavy (non-hydrogen) atoms. The first-order valence-corrected chi connectivity index (χ1v) is 4.65. The monoisotopic (exact) mass is 201 g/mol. The van der Waals surface area contributed by atoms with E-state index in [1.807, 2.05) is 0 Å². The molecule has 1 aliphatic heterocycles. The normalized spacial score (nSPS) is 23.1. The number of aliphatic carboxylic acids is 1. The number of carbonyl (C=O) groups is 2. The van der Waals surface area contributed by atoms with E-state index >= 15 is 0 Å². The fourth-order valence-corrected chi connectivity index (χ4v) is 1.36. The summed E-state index contributed by atoms with van der Waals surface area (Å²) in [5, 5.41) is 8.71. The van der Waals surface area contributed by atoms with Gasteiger partial charge in [-0.3, -0.25) is 4.79 Å². The van der Waals surface area contributed by atoms with Crippen molar-refractivity contribution in [2.45, 2.75) is 31.9 Å². The van der Waals surface area contributed by atoms with Gasteiger partial charge in [0, 0.05) is 13.7 Å². The van der Waals surface area contributed by atoms with Crippen molar-refractivity contribution >= 4 is 11.9 Å². The molecule has 2 unspecified atom stereocenters. The van der Waals surface area contributed by atoms with Crippen molar-refractivity contribution in [3.8, 4) is 0 Å². The molecule has 1 fully saturated rings. The predicted molar refractivity (Wildman–Crippen MR) is 48.8 cm³/mol. The first-order chi connectivity index (χ1) is 6.54. The molecule has 0 aromatic rings. The van der Waals surface area contributed by atoms with Crippen molar-refractivity contribution in [3.05, 3.63) is 0 Å². The second kappa shape index (κ2) is 4.41. The SMILES string of the molecule is CC(C(=O)O)N(C)C(=O)C1CCCO1. The van der Waals surface area contributed by atoms with Crippen LogP contribution in [-0.2, 0) is 14.3 Å². The molecule has 0 spiro atoms.